The Labute approximate surface area is 180 Å². The Hall–Kier alpha value is -2.51. The fourth-order valence-corrected chi connectivity index (χ4v) is 4.59. The lowest BCUT2D eigenvalue weighted by atomic mass is 10.1. The summed E-state index contributed by atoms with van der Waals surface area (Å²) in [6.07, 6.45) is 0.972. The number of hydrogen-bond donors (Lipinski definition) is 1. The van der Waals surface area contributed by atoms with E-state index < -0.39 is 0 Å². The van der Waals surface area contributed by atoms with E-state index in [2.05, 4.69) is 40.2 Å². The molecule has 1 N–H and O–H groups in total. The van der Waals surface area contributed by atoms with Crippen LogP contribution in [-0.4, -0.2) is 41.2 Å². The summed E-state index contributed by atoms with van der Waals surface area (Å²) in [5.41, 5.74) is 4.18. The van der Waals surface area contributed by atoms with E-state index in [9.17, 15) is 4.39 Å². The minimum absolute atomic E-state index is 0.230. The fraction of sp³-hybridized carbons (Fsp3) is 0.273. The van der Waals surface area contributed by atoms with Crippen LogP contribution in [0.5, 0.6) is 0 Å². The van der Waals surface area contributed by atoms with Gasteiger partial charge in [0.15, 0.2) is 10.2 Å². The SMILES string of the molecule is CCc1ccccc1NC(=S)N1CCN(c2nc(-c3ccc(F)cc3)cs2)CC1. The smallest absolute Gasteiger partial charge is 0.185 e. The van der Waals surface area contributed by atoms with E-state index in [1.165, 1.54) is 17.7 Å². The van der Waals surface area contributed by atoms with Gasteiger partial charge < -0.3 is 15.1 Å². The molecular formula is C22H23FN4S2. The molecule has 150 valence electrons. The zero-order valence-corrected chi connectivity index (χ0v) is 17.9. The van der Waals surface area contributed by atoms with Gasteiger partial charge >= 0.3 is 0 Å². The maximum atomic E-state index is 13.1. The number of piperazine rings is 1. The molecule has 1 aliphatic heterocycles. The van der Waals surface area contributed by atoms with Crippen LogP contribution in [-0.2, 0) is 6.42 Å². The molecule has 1 saturated heterocycles. The highest BCUT2D eigenvalue weighted by Gasteiger charge is 2.21. The number of halogens is 1. The van der Waals surface area contributed by atoms with E-state index in [4.69, 9.17) is 17.2 Å². The van der Waals surface area contributed by atoms with Gasteiger partial charge in [-0.15, -0.1) is 11.3 Å². The van der Waals surface area contributed by atoms with Gasteiger partial charge in [-0.2, -0.15) is 0 Å². The predicted molar refractivity (Wildman–Crippen MR) is 123 cm³/mol. The first-order chi connectivity index (χ1) is 14.1. The highest BCUT2D eigenvalue weighted by atomic mass is 32.1. The molecule has 2 heterocycles. The van der Waals surface area contributed by atoms with E-state index in [1.54, 1.807) is 23.5 Å². The Balaban J connectivity index is 1.36. The highest BCUT2D eigenvalue weighted by Crippen LogP contribution is 2.28. The number of benzene rings is 2. The van der Waals surface area contributed by atoms with Crippen molar-refractivity contribution in [2.45, 2.75) is 13.3 Å². The topological polar surface area (TPSA) is 31.4 Å². The Morgan fingerprint density at radius 3 is 2.55 bits per heavy atom. The van der Waals surface area contributed by atoms with Crippen LogP contribution in [0.1, 0.15) is 12.5 Å². The fourth-order valence-electron chi connectivity index (χ4n) is 3.41. The van der Waals surface area contributed by atoms with Crippen LogP contribution in [0.15, 0.2) is 53.9 Å². The first-order valence-electron chi connectivity index (χ1n) is 9.74. The second kappa shape index (κ2) is 8.88. The molecule has 1 fully saturated rings. The molecule has 0 radical (unpaired) electrons. The van der Waals surface area contributed by atoms with E-state index in [1.807, 2.05) is 11.4 Å². The van der Waals surface area contributed by atoms with E-state index in [-0.39, 0.29) is 5.82 Å². The lowest BCUT2D eigenvalue weighted by molar-refractivity contribution is 0.390. The summed E-state index contributed by atoms with van der Waals surface area (Å²) in [6, 6.07) is 14.8. The minimum atomic E-state index is -0.230. The Bertz CT molecular complexity index is 978. The molecule has 4 rings (SSSR count). The molecule has 29 heavy (non-hydrogen) atoms. The third-order valence-corrected chi connectivity index (χ3v) is 6.37. The molecular weight excluding hydrogens is 403 g/mol. The zero-order chi connectivity index (χ0) is 20.2. The van der Waals surface area contributed by atoms with Crippen LogP contribution in [0.2, 0.25) is 0 Å². The molecule has 0 saturated carbocycles. The zero-order valence-electron chi connectivity index (χ0n) is 16.3. The van der Waals surface area contributed by atoms with Gasteiger partial charge in [0.05, 0.1) is 5.69 Å². The van der Waals surface area contributed by atoms with Crippen molar-refractivity contribution in [3.8, 4) is 11.3 Å². The largest absolute Gasteiger partial charge is 0.345 e. The van der Waals surface area contributed by atoms with Gasteiger partial charge in [-0.05, 0) is 54.5 Å². The lowest BCUT2D eigenvalue weighted by Gasteiger charge is -2.36. The maximum absolute atomic E-state index is 13.1. The number of aromatic nitrogens is 1. The van der Waals surface area contributed by atoms with Gasteiger partial charge in [-0.1, -0.05) is 25.1 Å². The Morgan fingerprint density at radius 1 is 1.10 bits per heavy atom. The third kappa shape index (κ3) is 4.57. The first-order valence-corrected chi connectivity index (χ1v) is 11.0. The van der Waals surface area contributed by atoms with Crippen molar-refractivity contribution in [3.05, 3.63) is 65.3 Å². The third-order valence-electron chi connectivity index (χ3n) is 5.11. The summed E-state index contributed by atoms with van der Waals surface area (Å²) in [6.45, 7) is 5.59. The number of para-hydroxylation sites is 1. The van der Waals surface area contributed by atoms with Crippen molar-refractivity contribution in [2.24, 2.45) is 0 Å². The monoisotopic (exact) mass is 426 g/mol. The van der Waals surface area contributed by atoms with Crippen molar-refractivity contribution in [2.75, 3.05) is 36.4 Å². The van der Waals surface area contributed by atoms with E-state index >= 15 is 0 Å². The van der Waals surface area contributed by atoms with Gasteiger partial charge in [-0.3, -0.25) is 0 Å². The summed E-state index contributed by atoms with van der Waals surface area (Å²) in [7, 11) is 0. The molecule has 3 aromatic rings. The Morgan fingerprint density at radius 2 is 1.83 bits per heavy atom. The van der Waals surface area contributed by atoms with Crippen molar-refractivity contribution >= 4 is 39.5 Å². The number of thiazole rings is 1. The van der Waals surface area contributed by atoms with Crippen LogP contribution < -0.4 is 10.2 Å². The summed E-state index contributed by atoms with van der Waals surface area (Å²) in [5.74, 6) is -0.230. The number of nitrogens with zero attached hydrogens (tertiary/aromatic N) is 3. The van der Waals surface area contributed by atoms with Gasteiger partial charge in [0.2, 0.25) is 0 Å². The van der Waals surface area contributed by atoms with Crippen LogP contribution in [0.25, 0.3) is 11.3 Å². The molecule has 0 atom stereocenters. The normalized spacial score (nSPS) is 14.1. The van der Waals surface area contributed by atoms with Crippen LogP contribution >= 0.6 is 23.6 Å². The van der Waals surface area contributed by atoms with Crippen molar-refractivity contribution in [1.29, 1.82) is 0 Å². The molecule has 0 amide bonds. The Kier molecular flexibility index (Phi) is 6.06. The molecule has 7 heteroatoms. The van der Waals surface area contributed by atoms with Crippen LogP contribution in [0.3, 0.4) is 0 Å². The van der Waals surface area contributed by atoms with Crippen molar-refractivity contribution in [1.82, 2.24) is 9.88 Å². The number of rotatable bonds is 4. The van der Waals surface area contributed by atoms with Gasteiger partial charge in [0.1, 0.15) is 5.82 Å². The molecule has 0 aliphatic carbocycles. The number of hydrogen-bond acceptors (Lipinski definition) is 4. The number of thiocarbonyl (C=S) groups is 1. The molecule has 0 unspecified atom stereocenters. The van der Waals surface area contributed by atoms with Crippen molar-refractivity contribution < 1.29 is 4.39 Å². The highest BCUT2D eigenvalue weighted by molar-refractivity contribution is 7.80. The average Bonchev–Trinajstić information content (AvgIpc) is 3.25. The first kappa shape index (κ1) is 19.8. The van der Waals surface area contributed by atoms with Gasteiger partial charge in [-0.25, -0.2) is 9.37 Å². The van der Waals surface area contributed by atoms with Crippen LogP contribution in [0.4, 0.5) is 15.2 Å². The van der Waals surface area contributed by atoms with E-state index in [0.717, 1.165) is 59.8 Å². The number of nitrogens with one attached hydrogen (secondary N) is 1. The maximum Gasteiger partial charge on any atom is 0.185 e. The van der Waals surface area contributed by atoms with Gasteiger partial charge in [0, 0.05) is 42.8 Å². The standard InChI is InChI=1S/C22H23FN4S2/c1-2-16-5-3-4-6-19(16)24-21(28)26-11-13-27(14-12-26)22-25-20(15-29-22)17-7-9-18(23)10-8-17/h3-10,15H,2,11-14H2,1H3,(H,24,28). The van der Waals surface area contributed by atoms with Crippen LogP contribution in [0, 0.1) is 5.82 Å². The quantitative estimate of drug-likeness (QED) is 0.592. The van der Waals surface area contributed by atoms with Gasteiger partial charge in [0.25, 0.3) is 0 Å². The molecule has 0 spiro atoms. The molecule has 1 aromatic heterocycles. The lowest BCUT2D eigenvalue weighted by Crippen LogP contribution is -2.50. The summed E-state index contributed by atoms with van der Waals surface area (Å²) in [4.78, 5) is 9.25. The summed E-state index contributed by atoms with van der Waals surface area (Å²) in [5, 5.41) is 7.22. The second-order valence-corrected chi connectivity index (χ2v) is 8.16. The van der Waals surface area contributed by atoms with E-state index in [0.29, 0.717) is 0 Å². The predicted octanol–water partition coefficient (Wildman–Crippen LogP) is 5.03. The molecule has 0 bridgehead atoms. The molecule has 2 aromatic carbocycles. The number of aryl methyl sites for hydroxylation is 1. The molecule has 1 aliphatic rings. The minimum Gasteiger partial charge on any atom is -0.345 e. The number of anilines is 2. The second-order valence-electron chi connectivity index (χ2n) is 6.94. The summed E-state index contributed by atoms with van der Waals surface area (Å²) < 4.78 is 13.1. The summed E-state index contributed by atoms with van der Waals surface area (Å²) >= 11 is 7.28. The average molecular weight is 427 g/mol. The van der Waals surface area contributed by atoms with Crippen molar-refractivity contribution in [3.63, 3.8) is 0 Å². The molecule has 4 nitrogen and oxygen atoms in total.